The molecule has 1 aliphatic rings. The number of pyridine rings is 1. The molecule has 0 radical (unpaired) electrons. The standard InChI is InChI=1S/C17H24N4O2/c1-17(2,3)10-13-5-6-14(21(13)11-18)16(23)19-12-7-8-20(4)15(22)9-12/h7-9,13-14H,5-6,10H2,1-4H3,(H,19,23). The average Bonchev–Trinajstić information content (AvgIpc) is 2.83. The van der Waals surface area contributed by atoms with Crippen molar-refractivity contribution in [3.8, 4) is 6.19 Å². The summed E-state index contributed by atoms with van der Waals surface area (Å²) in [6, 6.07) is 2.70. The van der Waals surface area contributed by atoms with Crippen LogP contribution in [0.25, 0.3) is 0 Å². The van der Waals surface area contributed by atoms with Crippen molar-refractivity contribution >= 4 is 11.6 Å². The van der Waals surface area contributed by atoms with Gasteiger partial charge in [-0.05, 0) is 30.7 Å². The molecule has 2 rings (SSSR count). The molecule has 0 bridgehead atoms. The molecule has 1 fully saturated rings. The van der Waals surface area contributed by atoms with Gasteiger partial charge in [-0.1, -0.05) is 20.8 Å². The number of carbonyl (C=O) groups excluding carboxylic acids is 1. The van der Waals surface area contributed by atoms with Gasteiger partial charge < -0.3 is 9.88 Å². The van der Waals surface area contributed by atoms with Crippen LogP contribution in [0.5, 0.6) is 0 Å². The van der Waals surface area contributed by atoms with Gasteiger partial charge in [0.05, 0.1) is 0 Å². The van der Waals surface area contributed by atoms with E-state index in [4.69, 9.17) is 0 Å². The molecular weight excluding hydrogens is 292 g/mol. The van der Waals surface area contributed by atoms with Crippen LogP contribution in [0.4, 0.5) is 5.69 Å². The van der Waals surface area contributed by atoms with Crippen molar-refractivity contribution in [2.24, 2.45) is 12.5 Å². The van der Waals surface area contributed by atoms with Gasteiger partial charge in [0.1, 0.15) is 6.04 Å². The molecule has 1 N–H and O–H groups in total. The zero-order valence-corrected chi connectivity index (χ0v) is 14.2. The molecule has 6 heteroatoms. The number of likely N-dealkylation sites (tertiary alicyclic amines) is 1. The largest absolute Gasteiger partial charge is 0.324 e. The molecule has 1 aliphatic heterocycles. The van der Waals surface area contributed by atoms with Crippen LogP contribution >= 0.6 is 0 Å². The molecule has 1 aromatic rings. The monoisotopic (exact) mass is 316 g/mol. The highest BCUT2D eigenvalue weighted by Crippen LogP contribution is 2.33. The molecule has 0 aliphatic carbocycles. The number of nitrogens with zero attached hydrogens (tertiary/aromatic N) is 3. The lowest BCUT2D eigenvalue weighted by molar-refractivity contribution is -0.119. The fourth-order valence-electron chi connectivity index (χ4n) is 3.05. The Labute approximate surface area is 136 Å². The maximum absolute atomic E-state index is 12.5. The number of aryl methyl sites for hydroxylation is 1. The third-order valence-electron chi connectivity index (χ3n) is 4.14. The number of rotatable bonds is 3. The lowest BCUT2D eigenvalue weighted by Crippen LogP contribution is -2.41. The lowest BCUT2D eigenvalue weighted by Gasteiger charge is -2.29. The van der Waals surface area contributed by atoms with E-state index >= 15 is 0 Å². The number of nitriles is 1. The van der Waals surface area contributed by atoms with Gasteiger partial charge in [0.15, 0.2) is 6.19 Å². The van der Waals surface area contributed by atoms with Gasteiger partial charge in [-0.25, -0.2) is 0 Å². The van der Waals surface area contributed by atoms with Gasteiger partial charge in [0, 0.05) is 31.0 Å². The molecule has 0 aromatic carbocycles. The second kappa shape index (κ2) is 6.45. The Kier molecular flexibility index (Phi) is 4.79. The highest BCUT2D eigenvalue weighted by Gasteiger charge is 2.38. The summed E-state index contributed by atoms with van der Waals surface area (Å²) in [5.41, 5.74) is 0.392. The molecule has 1 aromatic heterocycles. The molecule has 2 heterocycles. The number of nitrogens with one attached hydrogen (secondary N) is 1. The normalized spacial score (nSPS) is 21.1. The summed E-state index contributed by atoms with van der Waals surface area (Å²) in [7, 11) is 1.65. The van der Waals surface area contributed by atoms with E-state index in [1.165, 1.54) is 10.6 Å². The first kappa shape index (κ1) is 17.1. The number of carbonyl (C=O) groups is 1. The summed E-state index contributed by atoms with van der Waals surface area (Å²) in [6.45, 7) is 6.40. The molecule has 23 heavy (non-hydrogen) atoms. The van der Waals surface area contributed by atoms with Crippen LogP contribution in [-0.4, -0.2) is 27.5 Å². The quantitative estimate of drug-likeness (QED) is 0.866. The first-order valence-electron chi connectivity index (χ1n) is 7.87. The van der Waals surface area contributed by atoms with E-state index in [1.807, 2.05) is 0 Å². The SMILES string of the molecule is Cn1ccc(NC(=O)C2CCC(CC(C)(C)C)N2C#N)cc1=O. The Morgan fingerprint density at radius 1 is 1.43 bits per heavy atom. The maximum atomic E-state index is 12.5. The predicted molar refractivity (Wildman–Crippen MR) is 88.6 cm³/mol. The van der Waals surface area contributed by atoms with E-state index in [0.717, 1.165) is 12.8 Å². The third-order valence-corrected chi connectivity index (χ3v) is 4.14. The molecule has 1 amide bonds. The van der Waals surface area contributed by atoms with Crippen molar-refractivity contribution in [1.82, 2.24) is 9.47 Å². The van der Waals surface area contributed by atoms with Crippen LogP contribution in [0.15, 0.2) is 23.1 Å². The van der Waals surface area contributed by atoms with E-state index in [1.54, 1.807) is 24.2 Å². The van der Waals surface area contributed by atoms with Crippen molar-refractivity contribution in [3.05, 3.63) is 28.7 Å². The summed E-state index contributed by atoms with van der Waals surface area (Å²) in [5, 5.41) is 12.2. The second-order valence-electron chi connectivity index (χ2n) is 7.37. The van der Waals surface area contributed by atoms with E-state index in [-0.39, 0.29) is 22.9 Å². The van der Waals surface area contributed by atoms with Crippen molar-refractivity contribution in [2.75, 3.05) is 5.32 Å². The fourth-order valence-corrected chi connectivity index (χ4v) is 3.05. The van der Waals surface area contributed by atoms with E-state index in [9.17, 15) is 14.9 Å². The smallest absolute Gasteiger partial charge is 0.252 e. The van der Waals surface area contributed by atoms with Gasteiger partial charge in [-0.2, -0.15) is 5.26 Å². The number of aromatic nitrogens is 1. The molecule has 6 nitrogen and oxygen atoms in total. The van der Waals surface area contributed by atoms with Crippen molar-refractivity contribution in [1.29, 1.82) is 5.26 Å². The minimum atomic E-state index is -0.462. The molecule has 124 valence electrons. The first-order valence-corrected chi connectivity index (χ1v) is 7.87. The van der Waals surface area contributed by atoms with Crippen LogP contribution in [-0.2, 0) is 11.8 Å². The molecular formula is C17H24N4O2. The lowest BCUT2D eigenvalue weighted by atomic mass is 9.87. The zero-order valence-electron chi connectivity index (χ0n) is 14.2. The molecule has 2 atom stereocenters. The van der Waals surface area contributed by atoms with Gasteiger partial charge >= 0.3 is 0 Å². The number of hydrogen-bond acceptors (Lipinski definition) is 4. The Bertz CT molecular complexity index is 681. The summed E-state index contributed by atoms with van der Waals surface area (Å²) in [6.07, 6.45) is 6.15. The van der Waals surface area contributed by atoms with E-state index < -0.39 is 6.04 Å². The minimum Gasteiger partial charge on any atom is -0.324 e. The Balaban J connectivity index is 2.08. The van der Waals surface area contributed by atoms with E-state index in [2.05, 4.69) is 32.3 Å². The van der Waals surface area contributed by atoms with Crippen LogP contribution in [0, 0.1) is 16.9 Å². The van der Waals surface area contributed by atoms with Crippen molar-refractivity contribution in [3.63, 3.8) is 0 Å². The van der Waals surface area contributed by atoms with Crippen molar-refractivity contribution < 1.29 is 4.79 Å². The van der Waals surface area contributed by atoms with E-state index in [0.29, 0.717) is 12.1 Å². The fraction of sp³-hybridized carbons (Fsp3) is 0.588. The highest BCUT2D eigenvalue weighted by atomic mass is 16.2. The van der Waals surface area contributed by atoms with Gasteiger partial charge in [0.25, 0.3) is 5.56 Å². The van der Waals surface area contributed by atoms with Crippen molar-refractivity contribution in [2.45, 2.75) is 52.1 Å². The summed E-state index contributed by atoms with van der Waals surface area (Å²) in [4.78, 5) is 25.7. The van der Waals surface area contributed by atoms with Gasteiger partial charge in [-0.15, -0.1) is 0 Å². The van der Waals surface area contributed by atoms with Crippen LogP contribution in [0.3, 0.4) is 0 Å². The molecule has 0 saturated carbocycles. The van der Waals surface area contributed by atoms with Crippen LogP contribution in [0.1, 0.15) is 40.0 Å². The highest BCUT2D eigenvalue weighted by molar-refractivity contribution is 5.95. The van der Waals surface area contributed by atoms with Gasteiger partial charge in [0.2, 0.25) is 5.91 Å². The summed E-state index contributed by atoms with van der Waals surface area (Å²) < 4.78 is 1.44. The zero-order chi connectivity index (χ0) is 17.2. The topological polar surface area (TPSA) is 78.1 Å². The predicted octanol–water partition coefficient (Wildman–Crippen LogP) is 2.07. The summed E-state index contributed by atoms with van der Waals surface area (Å²) >= 11 is 0. The maximum Gasteiger partial charge on any atom is 0.252 e. The van der Waals surface area contributed by atoms with Crippen LogP contribution in [0.2, 0.25) is 0 Å². The second-order valence-corrected chi connectivity index (χ2v) is 7.37. The molecule has 2 unspecified atom stereocenters. The molecule has 0 spiro atoms. The first-order chi connectivity index (χ1) is 10.7. The Morgan fingerprint density at radius 3 is 2.70 bits per heavy atom. The number of amides is 1. The third kappa shape index (κ3) is 4.13. The Morgan fingerprint density at radius 2 is 2.13 bits per heavy atom. The minimum absolute atomic E-state index is 0.0967. The van der Waals surface area contributed by atoms with Crippen LogP contribution < -0.4 is 10.9 Å². The molecule has 1 saturated heterocycles. The number of hydrogen-bond donors (Lipinski definition) is 1. The number of anilines is 1. The Hall–Kier alpha value is -2.29. The summed E-state index contributed by atoms with van der Waals surface area (Å²) in [5.74, 6) is -0.226. The van der Waals surface area contributed by atoms with Gasteiger partial charge in [-0.3, -0.25) is 14.5 Å². The average molecular weight is 316 g/mol.